The molecule has 0 saturated heterocycles. The second-order valence-electron chi connectivity index (χ2n) is 4.18. The Bertz CT molecular complexity index is 581. The van der Waals surface area contributed by atoms with Crippen LogP contribution in [-0.4, -0.2) is 35.0 Å². The van der Waals surface area contributed by atoms with E-state index in [1.807, 2.05) is 0 Å². The number of methoxy groups -OCH3 is 1. The molecule has 0 bridgehead atoms. The number of nitrogens with zero attached hydrogens (tertiary/aromatic N) is 1. The highest BCUT2D eigenvalue weighted by Gasteiger charge is 2.30. The van der Waals surface area contributed by atoms with E-state index in [-0.39, 0.29) is 5.69 Å². The minimum Gasteiger partial charge on any atom is -0.481 e. The minimum atomic E-state index is -1.43. The van der Waals surface area contributed by atoms with Crippen molar-refractivity contribution in [1.82, 2.24) is 0 Å². The SMILES string of the molecule is [CH2]C(OC)C(C(=O)O)C(=O)C=Cc1cccc([N+](=O)[O-])c1. The van der Waals surface area contributed by atoms with E-state index in [1.165, 1.54) is 31.4 Å². The first-order valence-electron chi connectivity index (χ1n) is 5.92. The van der Waals surface area contributed by atoms with E-state index in [0.717, 1.165) is 6.08 Å². The molecule has 1 aromatic carbocycles. The summed E-state index contributed by atoms with van der Waals surface area (Å²) < 4.78 is 4.76. The molecule has 0 spiro atoms. The fourth-order valence-electron chi connectivity index (χ4n) is 1.62. The number of rotatable bonds is 7. The number of benzene rings is 1. The van der Waals surface area contributed by atoms with Gasteiger partial charge in [0.25, 0.3) is 5.69 Å². The molecule has 0 aliphatic rings. The molecule has 1 aromatic rings. The number of carboxylic acids is 1. The van der Waals surface area contributed by atoms with E-state index in [4.69, 9.17) is 9.84 Å². The van der Waals surface area contributed by atoms with Gasteiger partial charge in [0.1, 0.15) is 5.92 Å². The van der Waals surface area contributed by atoms with Crippen LogP contribution in [0.5, 0.6) is 0 Å². The summed E-state index contributed by atoms with van der Waals surface area (Å²) in [5.41, 5.74) is 0.297. The second-order valence-corrected chi connectivity index (χ2v) is 4.18. The zero-order chi connectivity index (χ0) is 16.0. The molecule has 0 aromatic heterocycles. The van der Waals surface area contributed by atoms with Crippen molar-refractivity contribution in [1.29, 1.82) is 0 Å². The van der Waals surface area contributed by atoms with Gasteiger partial charge in [-0.3, -0.25) is 19.7 Å². The lowest BCUT2D eigenvalue weighted by atomic mass is 9.97. The zero-order valence-corrected chi connectivity index (χ0v) is 11.3. The summed E-state index contributed by atoms with van der Waals surface area (Å²) in [6.07, 6.45) is 1.34. The highest BCUT2D eigenvalue weighted by molar-refractivity contribution is 6.06. The van der Waals surface area contributed by atoms with Crippen LogP contribution in [0.2, 0.25) is 0 Å². The van der Waals surface area contributed by atoms with Gasteiger partial charge in [0, 0.05) is 19.2 Å². The first-order chi connectivity index (χ1) is 9.86. The molecule has 0 fully saturated rings. The number of ketones is 1. The van der Waals surface area contributed by atoms with Crippen molar-refractivity contribution in [3.8, 4) is 0 Å². The van der Waals surface area contributed by atoms with Crippen LogP contribution in [0.3, 0.4) is 0 Å². The van der Waals surface area contributed by atoms with E-state index in [9.17, 15) is 19.7 Å². The molecule has 21 heavy (non-hydrogen) atoms. The molecule has 0 aliphatic carbocycles. The van der Waals surface area contributed by atoms with Crippen molar-refractivity contribution in [2.45, 2.75) is 6.10 Å². The van der Waals surface area contributed by atoms with Gasteiger partial charge in [-0.25, -0.2) is 0 Å². The van der Waals surface area contributed by atoms with Crippen LogP contribution in [0.15, 0.2) is 30.3 Å². The summed E-state index contributed by atoms with van der Waals surface area (Å²) in [7, 11) is 1.26. The Morgan fingerprint density at radius 1 is 1.48 bits per heavy atom. The molecule has 7 heteroatoms. The Kier molecular flexibility index (Phi) is 5.74. The van der Waals surface area contributed by atoms with Crippen molar-refractivity contribution in [2.75, 3.05) is 7.11 Å². The highest BCUT2D eigenvalue weighted by atomic mass is 16.6. The summed E-state index contributed by atoms with van der Waals surface area (Å²) >= 11 is 0. The normalized spacial score (nSPS) is 13.8. The van der Waals surface area contributed by atoms with Crippen LogP contribution < -0.4 is 0 Å². The maximum Gasteiger partial charge on any atom is 0.317 e. The van der Waals surface area contributed by atoms with Gasteiger partial charge in [-0.05, 0) is 18.6 Å². The Balaban J connectivity index is 2.93. The van der Waals surface area contributed by atoms with E-state index in [1.54, 1.807) is 6.07 Å². The molecule has 0 heterocycles. The molecular formula is C14H14NO6. The fraction of sp³-hybridized carbons (Fsp3) is 0.214. The second kappa shape index (κ2) is 7.30. The van der Waals surface area contributed by atoms with Gasteiger partial charge in [-0.15, -0.1) is 0 Å². The van der Waals surface area contributed by atoms with Crippen LogP contribution in [0.4, 0.5) is 5.69 Å². The van der Waals surface area contributed by atoms with Gasteiger partial charge in [0.2, 0.25) is 0 Å². The summed E-state index contributed by atoms with van der Waals surface area (Å²) in [5, 5.41) is 19.6. The number of carbonyl (C=O) groups excluding carboxylic acids is 1. The van der Waals surface area contributed by atoms with Crippen LogP contribution in [0.1, 0.15) is 5.56 Å². The number of ether oxygens (including phenoxy) is 1. The lowest BCUT2D eigenvalue weighted by Crippen LogP contribution is -2.33. The lowest BCUT2D eigenvalue weighted by molar-refractivity contribution is -0.384. The summed E-state index contributed by atoms with van der Waals surface area (Å²) in [5.74, 6) is -3.47. The van der Waals surface area contributed by atoms with Gasteiger partial charge < -0.3 is 9.84 Å². The van der Waals surface area contributed by atoms with Crippen molar-refractivity contribution >= 4 is 23.5 Å². The van der Waals surface area contributed by atoms with Crippen LogP contribution in [-0.2, 0) is 14.3 Å². The van der Waals surface area contributed by atoms with E-state index in [2.05, 4.69) is 6.92 Å². The molecule has 2 unspecified atom stereocenters. The smallest absolute Gasteiger partial charge is 0.317 e. The van der Waals surface area contributed by atoms with E-state index < -0.39 is 28.7 Å². The van der Waals surface area contributed by atoms with Gasteiger partial charge in [-0.2, -0.15) is 0 Å². The summed E-state index contributed by atoms with van der Waals surface area (Å²) in [4.78, 5) is 33.0. The maximum atomic E-state index is 11.9. The first-order valence-corrected chi connectivity index (χ1v) is 5.92. The Morgan fingerprint density at radius 3 is 2.67 bits per heavy atom. The fourth-order valence-corrected chi connectivity index (χ4v) is 1.62. The zero-order valence-electron chi connectivity index (χ0n) is 11.3. The molecule has 0 saturated carbocycles. The number of carbonyl (C=O) groups is 2. The molecule has 7 nitrogen and oxygen atoms in total. The van der Waals surface area contributed by atoms with Gasteiger partial charge >= 0.3 is 5.97 Å². The van der Waals surface area contributed by atoms with Crippen molar-refractivity contribution in [3.05, 3.63) is 52.9 Å². The number of nitro benzene ring substituents is 1. The molecular weight excluding hydrogens is 278 g/mol. The minimum absolute atomic E-state index is 0.119. The molecule has 2 atom stereocenters. The third kappa shape index (κ3) is 4.50. The lowest BCUT2D eigenvalue weighted by Gasteiger charge is -2.15. The predicted octanol–water partition coefficient (Wildman–Crippen LogP) is 1.73. The first kappa shape index (κ1) is 16.5. The van der Waals surface area contributed by atoms with Crippen LogP contribution in [0, 0.1) is 23.0 Å². The number of allylic oxidation sites excluding steroid dienone is 1. The number of carboxylic acid groups (broad SMARTS) is 1. The maximum absolute atomic E-state index is 11.9. The van der Waals surface area contributed by atoms with Crippen LogP contribution in [0.25, 0.3) is 6.08 Å². The Morgan fingerprint density at radius 2 is 2.14 bits per heavy atom. The van der Waals surface area contributed by atoms with Crippen LogP contribution >= 0.6 is 0 Å². The van der Waals surface area contributed by atoms with E-state index in [0.29, 0.717) is 5.56 Å². The summed E-state index contributed by atoms with van der Waals surface area (Å²) in [6, 6.07) is 5.62. The number of non-ortho nitro benzene ring substituents is 1. The average Bonchev–Trinajstić information content (AvgIpc) is 2.44. The topological polar surface area (TPSA) is 107 Å². The standard InChI is InChI=1S/C14H14NO6/c1-9(21-2)13(14(17)18)12(16)7-6-10-4-3-5-11(8-10)15(19)20/h3-9,13H,1H2,2H3,(H,17,18). The molecule has 0 aliphatic heterocycles. The number of aliphatic carboxylic acids is 1. The Hall–Kier alpha value is -2.54. The van der Waals surface area contributed by atoms with Gasteiger partial charge in [0.05, 0.1) is 11.0 Å². The molecule has 1 radical (unpaired) electrons. The van der Waals surface area contributed by atoms with Gasteiger partial charge in [0.15, 0.2) is 5.78 Å². The van der Waals surface area contributed by atoms with Crippen molar-refractivity contribution in [3.63, 3.8) is 0 Å². The van der Waals surface area contributed by atoms with E-state index >= 15 is 0 Å². The number of hydrogen-bond acceptors (Lipinski definition) is 5. The molecule has 111 valence electrons. The van der Waals surface area contributed by atoms with Gasteiger partial charge in [-0.1, -0.05) is 18.2 Å². The highest BCUT2D eigenvalue weighted by Crippen LogP contribution is 2.15. The van der Waals surface area contributed by atoms with Crippen molar-refractivity contribution < 1.29 is 24.4 Å². The number of hydrogen-bond donors (Lipinski definition) is 1. The molecule has 1 N–H and O–H groups in total. The monoisotopic (exact) mass is 292 g/mol. The molecule has 1 rings (SSSR count). The molecule has 0 amide bonds. The predicted molar refractivity (Wildman–Crippen MR) is 74.4 cm³/mol. The average molecular weight is 292 g/mol. The summed E-state index contributed by atoms with van der Waals surface area (Å²) in [6.45, 7) is 3.44. The third-order valence-corrected chi connectivity index (χ3v) is 2.77. The quantitative estimate of drug-likeness (QED) is 0.355. The largest absolute Gasteiger partial charge is 0.481 e. The van der Waals surface area contributed by atoms with Crippen molar-refractivity contribution in [2.24, 2.45) is 5.92 Å². The number of nitro groups is 1. The Labute approximate surface area is 121 Å². The third-order valence-electron chi connectivity index (χ3n) is 2.77.